The summed E-state index contributed by atoms with van der Waals surface area (Å²) in [5.41, 5.74) is 6.04. The average Bonchev–Trinajstić information content (AvgIpc) is 2.77. The van der Waals surface area contributed by atoms with E-state index in [1.54, 1.807) is 20.9 Å². The van der Waals surface area contributed by atoms with Gasteiger partial charge in [0.2, 0.25) is 5.79 Å². The SMILES string of the molecule is CC(C)C(=O)C1(N)NC(=O)N([C@@H]2O[C@H](CO)[C@@H](O)[C@H]2O)CN1C. The monoisotopic (exact) mass is 332 g/mol. The van der Waals surface area contributed by atoms with E-state index in [1.807, 2.05) is 0 Å². The molecule has 0 bridgehead atoms. The molecule has 6 N–H and O–H groups in total. The van der Waals surface area contributed by atoms with Crippen LogP contribution in [-0.4, -0.2) is 87.6 Å². The predicted octanol–water partition coefficient (Wildman–Crippen LogP) is -2.82. The fraction of sp³-hybridized carbons (Fsp3) is 0.846. The molecule has 0 aromatic heterocycles. The van der Waals surface area contributed by atoms with Gasteiger partial charge in [0.25, 0.3) is 0 Å². The zero-order chi connectivity index (χ0) is 17.5. The van der Waals surface area contributed by atoms with E-state index < -0.39 is 43.0 Å². The summed E-state index contributed by atoms with van der Waals surface area (Å²) in [5, 5.41) is 31.3. The number of urea groups is 1. The Balaban J connectivity index is 2.17. The number of amides is 2. The van der Waals surface area contributed by atoms with E-state index in [0.29, 0.717) is 0 Å². The first-order chi connectivity index (χ1) is 10.6. The van der Waals surface area contributed by atoms with Crippen molar-refractivity contribution in [2.45, 2.75) is 44.2 Å². The molecule has 10 nitrogen and oxygen atoms in total. The molecular formula is C13H24N4O6. The van der Waals surface area contributed by atoms with Crippen LogP contribution in [0.5, 0.6) is 0 Å². The molecule has 2 fully saturated rings. The fourth-order valence-corrected chi connectivity index (χ4v) is 2.76. The van der Waals surface area contributed by atoms with Crippen molar-refractivity contribution in [2.24, 2.45) is 11.7 Å². The summed E-state index contributed by atoms with van der Waals surface area (Å²) in [6.45, 7) is 2.77. The van der Waals surface area contributed by atoms with E-state index in [-0.39, 0.29) is 18.4 Å². The molecule has 0 spiro atoms. The van der Waals surface area contributed by atoms with Crippen LogP contribution in [0.4, 0.5) is 4.79 Å². The van der Waals surface area contributed by atoms with Crippen LogP contribution in [0, 0.1) is 5.92 Å². The third-order valence-electron chi connectivity index (χ3n) is 4.25. The zero-order valence-corrected chi connectivity index (χ0v) is 13.3. The molecule has 23 heavy (non-hydrogen) atoms. The number of likely N-dealkylation sites (N-methyl/N-ethyl adjacent to an activating group) is 1. The van der Waals surface area contributed by atoms with E-state index in [2.05, 4.69) is 5.32 Å². The van der Waals surface area contributed by atoms with Gasteiger partial charge < -0.3 is 25.4 Å². The van der Waals surface area contributed by atoms with E-state index in [9.17, 15) is 19.8 Å². The molecule has 2 amide bonds. The molecule has 0 aromatic carbocycles. The quantitative estimate of drug-likeness (QED) is 0.370. The maximum Gasteiger partial charge on any atom is 0.323 e. The lowest BCUT2D eigenvalue weighted by Crippen LogP contribution is -2.79. The van der Waals surface area contributed by atoms with Gasteiger partial charge in [-0.1, -0.05) is 13.8 Å². The molecule has 10 heteroatoms. The molecule has 132 valence electrons. The lowest BCUT2D eigenvalue weighted by Gasteiger charge is -2.47. The molecule has 0 aliphatic carbocycles. The third kappa shape index (κ3) is 2.93. The Bertz CT molecular complexity index is 489. The molecular weight excluding hydrogens is 308 g/mol. The Kier molecular flexibility index (Phi) is 4.95. The Morgan fingerprint density at radius 2 is 2.09 bits per heavy atom. The van der Waals surface area contributed by atoms with Crippen LogP contribution in [0.15, 0.2) is 0 Å². The molecule has 2 rings (SSSR count). The van der Waals surface area contributed by atoms with Gasteiger partial charge >= 0.3 is 6.03 Å². The summed E-state index contributed by atoms with van der Waals surface area (Å²) in [7, 11) is 1.55. The van der Waals surface area contributed by atoms with Crippen LogP contribution in [0.1, 0.15) is 13.8 Å². The van der Waals surface area contributed by atoms with Gasteiger partial charge in [0.15, 0.2) is 12.0 Å². The Hall–Kier alpha value is -1.30. The number of ketones is 1. The molecule has 2 aliphatic rings. The number of Topliss-reactive ketones (excluding diaryl/α,β-unsaturated/α-hetero) is 1. The zero-order valence-electron chi connectivity index (χ0n) is 13.3. The van der Waals surface area contributed by atoms with Gasteiger partial charge in [-0.3, -0.25) is 15.4 Å². The molecule has 2 aliphatic heterocycles. The van der Waals surface area contributed by atoms with E-state index in [4.69, 9.17) is 15.6 Å². The normalized spacial score (nSPS) is 39.0. The third-order valence-corrected chi connectivity index (χ3v) is 4.25. The predicted molar refractivity (Wildman–Crippen MR) is 77.5 cm³/mol. The van der Waals surface area contributed by atoms with E-state index in [1.165, 1.54) is 4.90 Å². The van der Waals surface area contributed by atoms with Gasteiger partial charge in [-0.05, 0) is 7.05 Å². The van der Waals surface area contributed by atoms with Crippen LogP contribution in [0.2, 0.25) is 0 Å². The summed E-state index contributed by atoms with van der Waals surface area (Å²) in [4.78, 5) is 27.1. The van der Waals surface area contributed by atoms with Crippen molar-refractivity contribution in [2.75, 3.05) is 20.3 Å². The number of aliphatic hydroxyl groups excluding tert-OH is 3. The Morgan fingerprint density at radius 3 is 2.57 bits per heavy atom. The number of ether oxygens (including phenoxy) is 1. The van der Waals surface area contributed by atoms with Gasteiger partial charge in [-0.2, -0.15) is 0 Å². The molecule has 0 aromatic rings. The van der Waals surface area contributed by atoms with Crippen LogP contribution in [0.3, 0.4) is 0 Å². The fourth-order valence-electron chi connectivity index (χ4n) is 2.76. The number of hydrogen-bond donors (Lipinski definition) is 5. The number of carbonyl (C=O) groups is 2. The summed E-state index contributed by atoms with van der Waals surface area (Å²) in [6.07, 6.45) is -4.83. The van der Waals surface area contributed by atoms with Crippen LogP contribution in [0.25, 0.3) is 0 Å². The second-order valence-corrected chi connectivity index (χ2v) is 6.25. The smallest absolute Gasteiger partial charge is 0.323 e. The highest BCUT2D eigenvalue weighted by Crippen LogP contribution is 2.27. The molecule has 0 radical (unpaired) electrons. The summed E-state index contributed by atoms with van der Waals surface area (Å²) < 4.78 is 5.33. The largest absolute Gasteiger partial charge is 0.394 e. The molecule has 2 saturated heterocycles. The lowest BCUT2D eigenvalue weighted by molar-refractivity contribution is -0.147. The van der Waals surface area contributed by atoms with Gasteiger partial charge in [-0.25, -0.2) is 9.69 Å². The molecule has 2 heterocycles. The maximum absolute atomic E-state index is 12.3. The minimum absolute atomic E-state index is 0.0899. The highest BCUT2D eigenvalue weighted by Gasteiger charge is 2.52. The van der Waals surface area contributed by atoms with Gasteiger partial charge in [0.1, 0.15) is 18.3 Å². The number of nitrogens with two attached hydrogens (primary N) is 1. The van der Waals surface area contributed by atoms with Crippen molar-refractivity contribution in [1.29, 1.82) is 0 Å². The topological polar surface area (TPSA) is 149 Å². The summed E-state index contributed by atoms with van der Waals surface area (Å²) in [6, 6.07) is -0.700. The molecule has 1 unspecified atom stereocenters. The minimum Gasteiger partial charge on any atom is -0.394 e. The second-order valence-electron chi connectivity index (χ2n) is 6.25. The standard InChI is InChI=1S/C13H24N4O6/c1-6(2)10(21)13(14)15-12(22)17(5-16(13)3)11-9(20)8(19)7(4-18)23-11/h6-9,11,18-20H,4-5,14H2,1-3H3,(H,15,22)/t7-,8-,9-,11-,13?/m1/s1. The number of aliphatic hydroxyl groups is 3. The first-order valence-corrected chi connectivity index (χ1v) is 7.39. The summed E-state index contributed by atoms with van der Waals surface area (Å²) >= 11 is 0. The van der Waals surface area contributed by atoms with E-state index in [0.717, 1.165) is 4.90 Å². The highest BCUT2D eigenvalue weighted by atomic mass is 16.6. The van der Waals surface area contributed by atoms with Crippen molar-refractivity contribution >= 4 is 11.8 Å². The number of carbonyl (C=O) groups excluding carboxylic acids is 2. The average molecular weight is 332 g/mol. The number of nitrogens with zero attached hydrogens (tertiary/aromatic N) is 2. The Labute approximate surface area is 133 Å². The van der Waals surface area contributed by atoms with Crippen LogP contribution in [-0.2, 0) is 9.53 Å². The van der Waals surface area contributed by atoms with Crippen molar-refractivity contribution < 1.29 is 29.6 Å². The number of hydrogen-bond acceptors (Lipinski definition) is 8. The second kappa shape index (κ2) is 6.30. The highest BCUT2D eigenvalue weighted by molar-refractivity contribution is 5.93. The number of nitrogens with one attached hydrogen (secondary N) is 1. The van der Waals surface area contributed by atoms with Crippen molar-refractivity contribution in [3.8, 4) is 0 Å². The van der Waals surface area contributed by atoms with E-state index >= 15 is 0 Å². The molecule has 0 saturated carbocycles. The van der Waals surface area contributed by atoms with Crippen molar-refractivity contribution in [1.82, 2.24) is 15.1 Å². The van der Waals surface area contributed by atoms with Crippen molar-refractivity contribution in [3.63, 3.8) is 0 Å². The lowest BCUT2D eigenvalue weighted by atomic mass is 10.0. The van der Waals surface area contributed by atoms with Gasteiger partial charge in [-0.15, -0.1) is 0 Å². The van der Waals surface area contributed by atoms with Crippen LogP contribution >= 0.6 is 0 Å². The maximum atomic E-state index is 12.3. The van der Waals surface area contributed by atoms with Gasteiger partial charge in [0, 0.05) is 5.92 Å². The molecule has 5 atom stereocenters. The first-order valence-electron chi connectivity index (χ1n) is 7.39. The summed E-state index contributed by atoms with van der Waals surface area (Å²) in [5.74, 6) is -2.39. The first kappa shape index (κ1) is 18.0. The number of rotatable bonds is 4. The van der Waals surface area contributed by atoms with Gasteiger partial charge in [0.05, 0.1) is 13.3 Å². The van der Waals surface area contributed by atoms with Crippen LogP contribution < -0.4 is 11.1 Å². The Morgan fingerprint density at radius 1 is 1.48 bits per heavy atom. The minimum atomic E-state index is -1.65. The van der Waals surface area contributed by atoms with Crippen molar-refractivity contribution in [3.05, 3.63) is 0 Å².